The van der Waals surface area contributed by atoms with E-state index < -0.39 is 10.0 Å². The molecule has 0 amide bonds. The number of benzene rings is 2. The Hall–Kier alpha value is -2.75. The van der Waals surface area contributed by atoms with E-state index in [9.17, 15) is 8.42 Å². The van der Waals surface area contributed by atoms with E-state index in [0.717, 1.165) is 42.8 Å². The number of nitrogens with one attached hydrogen (secondary N) is 1. The summed E-state index contributed by atoms with van der Waals surface area (Å²) in [6, 6.07) is 15.3. The molecule has 4 rings (SSSR count). The molecule has 1 aromatic heterocycles. The van der Waals surface area contributed by atoms with Crippen LogP contribution in [0.1, 0.15) is 39.2 Å². The van der Waals surface area contributed by atoms with Gasteiger partial charge >= 0.3 is 0 Å². The maximum atomic E-state index is 13.1. The summed E-state index contributed by atoms with van der Waals surface area (Å²) in [6.07, 6.45) is 3.57. The summed E-state index contributed by atoms with van der Waals surface area (Å²) in [5, 5.41) is 6.87. The third-order valence-corrected chi connectivity index (χ3v) is 9.05. The lowest BCUT2D eigenvalue weighted by Crippen LogP contribution is -2.37. The molecular weight excluding hydrogens is 478 g/mol. The molecule has 2 aromatic carbocycles. The van der Waals surface area contributed by atoms with Crippen molar-refractivity contribution in [1.82, 2.24) is 9.29 Å². The number of sulfonamides is 1. The van der Waals surface area contributed by atoms with Gasteiger partial charge in [0.25, 0.3) is 0 Å². The molecule has 1 aliphatic heterocycles. The molecule has 0 bridgehead atoms. The topological polar surface area (TPSA) is 77.9 Å². The third kappa shape index (κ3) is 6.09. The molecule has 7 nitrogen and oxygen atoms in total. The van der Waals surface area contributed by atoms with Gasteiger partial charge in [0, 0.05) is 42.8 Å². The molecule has 1 aliphatic rings. The molecule has 0 spiro atoms. The highest BCUT2D eigenvalue weighted by Crippen LogP contribution is 2.29. The summed E-state index contributed by atoms with van der Waals surface area (Å²) in [5.41, 5.74) is 6.67. The average Bonchev–Trinajstić information content (AvgIpc) is 3.35. The molecule has 2 heterocycles. The lowest BCUT2D eigenvalue weighted by Gasteiger charge is -2.29. The van der Waals surface area contributed by atoms with Crippen molar-refractivity contribution in [2.45, 2.75) is 38.5 Å². The van der Waals surface area contributed by atoms with Gasteiger partial charge < -0.3 is 4.90 Å². The number of rotatable bonds is 9. The summed E-state index contributed by atoms with van der Waals surface area (Å²) in [5.74, 6) is 0.572. The van der Waals surface area contributed by atoms with Crippen LogP contribution in [0.15, 0.2) is 63.9 Å². The standard InChI is InChI=1S/C26H33N5O2S2/c1-4-30(5-2)23-11-9-21(10-12-23)18-27-29-26-28-25(19-34-26)22-7-6-8-24(17-22)35(32,33)31-15-13-20(3)14-16-31/h6-12,17-20H,4-5,13-16H2,1-3H3,(H,28,29). The second-order valence-corrected chi connectivity index (χ2v) is 11.6. The average molecular weight is 512 g/mol. The molecule has 1 fully saturated rings. The van der Waals surface area contributed by atoms with Crippen molar-refractivity contribution in [3.05, 3.63) is 59.5 Å². The van der Waals surface area contributed by atoms with E-state index in [4.69, 9.17) is 0 Å². The van der Waals surface area contributed by atoms with Gasteiger partial charge in [-0.3, -0.25) is 5.43 Å². The zero-order valence-corrected chi connectivity index (χ0v) is 22.1. The molecule has 1 saturated heterocycles. The molecule has 35 heavy (non-hydrogen) atoms. The van der Waals surface area contributed by atoms with Gasteiger partial charge in [0.15, 0.2) is 0 Å². The lowest BCUT2D eigenvalue weighted by molar-refractivity contribution is 0.288. The van der Waals surface area contributed by atoms with Crippen molar-refractivity contribution in [3.63, 3.8) is 0 Å². The van der Waals surface area contributed by atoms with Crippen LogP contribution < -0.4 is 10.3 Å². The molecule has 0 aliphatic carbocycles. The Labute approximate surface area is 212 Å². The summed E-state index contributed by atoms with van der Waals surface area (Å²) >= 11 is 1.43. The summed E-state index contributed by atoms with van der Waals surface area (Å²) < 4.78 is 27.9. The van der Waals surface area contributed by atoms with Crippen LogP contribution in [0.2, 0.25) is 0 Å². The Morgan fingerprint density at radius 3 is 2.54 bits per heavy atom. The van der Waals surface area contributed by atoms with E-state index in [1.54, 1.807) is 28.7 Å². The van der Waals surface area contributed by atoms with Crippen LogP contribution in [-0.2, 0) is 10.0 Å². The highest BCUT2D eigenvalue weighted by Gasteiger charge is 2.28. The van der Waals surface area contributed by atoms with Crippen molar-refractivity contribution in [3.8, 4) is 11.3 Å². The van der Waals surface area contributed by atoms with Crippen molar-refractivity contribution in [1.29, 1.82) is 0 Å². The van der Waals surface area contributed by atoms with Gasteiger partial charge in [0.1, 0.15) is 0 Å². The fourth-order valence-electron chi connectivity index (χ4n) is 4.17. The first-order chi connectivity index (χ1) is 16.9. The number of nitrogens with zero attached hydrogens (tertiary/aromatic N) is 4. The van der Waals surface area contributed by atoms with Gasteiger partial charge in [-0.15, -0.1) is 11.3 Å². The predicted molar refractivity (Wildman–Crippen MR) is 146 cm³/mol. The zero-order chi connectivity index (χ0) is 24.8. The molecule has 0 radical (unpaired) electrons. The van der Waals surface area contributed by atoms with Crippen LogP contribution in [0.5, 0.6) is 0 Å². The van der Waals surface area contributed by atoms with Crippen LogP contribution in [0.3, 0.4) is 0 Å². The van der Waals surface area contributed by atoms with E-state index in [-0.39, 0.29) is 0 Å². The molecule has 0 unspecified atom stereocenters. The molecular formula is C26H33N5O2S2. The van der Waals surface area contributed by atoms with Crippen molar-refractivity contribution in [2.24, 2.45) is 11.0 Å². The highest BCUT2D eigenvalue weighted by molar-refractivity contribution is 7.89. The van der Waals surface area contributed by atoms with E-state index >= 15 is 0 Å². The number of hydrogen-bond acceptors (Lipinski definition) is 7. The first kappa shape index (κ1) is 25.3. The monoisotopic (exact) mass is 511 g/mol. The summed E-state index contributed by atoms with van der Waals surface area (Å²) in [6.45, 7) is 9.58. The van der Waals surface area contributed by atoms with E-state index in [0.29, 0.717) is 29.0 Å². The normalized spacial score (nSPS) is 15.5. The number of hydrazone groups is 1. The first-order valence-electron chi connectivity index (χ1n) is 12.1. The first-order valence-corrected chi connectivity index (χ1v) is 14.4. The minimum absolute atomic E-state index is 0.318. The number of hydrogen-bond donors (Lipinski definition) is 1. The van der Waals surface area contributed by atoms with Crippen LogP contribution in [0.25, 0.3) is 11.3 Å². The zero-order valence-electron chi connectivity index (χ0n) is 20.5. The maximum absolute atomic E-state index is 13.1. The second kappa shape index (κ2) is 11.3. The summed E-state index contributed by atoms with van der Waals surface area (Å²) in [7, 11) is -3.50. The van der Waals surface area contributed by atoms with Crippen LogP contribution in [-0.4, -0.2) is 50.1 Å². The predicted octanol–water partition coefficient (Wildman–Crippen LogP) is 5.52. The van der Waals surface area contributed by atoms with Gasteiger partial charge in [0.2, 0.25) is 15.2 Å². The smallest absolute Gasteiger partial charge is 0.243 e. The van der Waals surface area contributed by atoms with Crippen LogP contribution >= 0.6 is 11.3 Å². The molecule has 9 heteroatoms. The van der Waals surface area contributed by atoms with E-state index in [2.05, 4.69) is 53.3 Å². The van der Waals surface area contributed by atoms with Gasteiger partial charge in [-0.2, -0.15) is 9.41 Å². The van der Waals surface area contributed by atoms with Gasteiger partial charge in [-0.05, 0) is 62.4 Å². The largest absolute Gasteiger partial charge is 0.372 e. The molecule has 0 saturated carbocycles. The van der Waals surface area contributed by atoms with Gasteiger partial charge in [-0.25, -0.2) is 13.4 Å². The quantitative estimate of drug-likeness (QED) is 0.302. The van der Waals surface area contributed by atoms with Gasteiger partial charge in [0.05, 0.1) is 16.8 Å². The minimum atomic E-state index is -3.50. The highest BCUT2D eigenvalue weighted by atomic mass is 32.2. The molecule has 186 valence electrons. The fourth-order valence-corrected chi connectivity index (χ4v) is 6.35. The number of thiazole rings is 1. The van der Waals surface area contributed by atoms with Crippen LogP contribution in [0, 0.1) is 5.92 Å². The van der Waals surface area contributed by atoms with Gasteiger partial charge in [-0.1, -0.05) is 31.2 Å². The Morgan fingerprint density at radius 2 is 1.86 bits per heavy atom. The number of anilines is 2. The second-order valence-electron chi connectivity index (χ2n) is 8.79. The summed E-state index contributed by atoms with van der Waals surface area (Å²) in [4.78, 5) is 7.21. The number of aromatic nitrogens is 1. The number of piperidine rings is 1. The fraction of sp³-hybridized carbons (Fsp3) is 0.385. The van der Waals surface area contributed by atoms with Crippen molar-refractivity contribution in [2.75, 3.05) is 36.5 Å². The van der Waals surface area contributed by atoms with E-state index in [1.165, 1.54) is 17.0 Å². The van der Waals surface area contributed by atoms with Crippen LogP contribution in [0.4, 0.5) is 10.8 Å². The molecule has 0 atom stereocenters. The Morgan fingerprint density at radius 1 is 1.14 bits per heavy atom. The van der Waals surface area contributed by atoms with Crippen molar-refractivity contribution >= 4 is 38.4 Å². The van der Waals surface area contributed by atoms with Crippen molar-refractivity contribution < 1.29 is 8.42 Å². The Balaban J connectivity index is 1.42. The molecule has 1 N–H and O–H groups in total. The minimum Gasteiger partial charge on any atom is -0.372 e. The SMILES string of the molecule is CCN(CC)c1ccc(C=NNc2nc(-c3cccc(S(=O)(=O)N4CCC(C)CC4)c3)cs2)cc1. The maximum Gasteiger partial charge on any atom is 0.243 e. The van der Waals surface area contributed by atoms with E-state index in [1.807, 2.05) is 23.6 Å². The lowest BCUT2D eigenvalue weighted by atomic mass is 10.0. The Bertz CT molecular complexity index is 1240. The molecule has 3 aromatic rings. The Kier molecular flexibility index (Phi) is 8.20. The third-order valence-electron chi connectivity index (χ3n) is 6.41.